The molecule has 1 N–H and O–H groups in total. The van der Waals surface area contributed by atoms with Crippen LogP contribution >= 0.6 is 0 Å². The van der Waals surface area contributed by atoms with Crippen molar-refractivity contribution in [1.82, 2.24) is 10.2 Å². The Bertz CT molecular complexity index is 419. The lowest BCUT2D eigenvalue weighted by atomic mass is 9.93. The first-order valence-electron chi connectivity index (χ1n) is 7.23. The predicted octanol–water partition coefficient (Wildman–Crippen LogP) is 2.28. The summed E-state index contributed by atoms with van der Waals surface area (Å²) in [6.07, 6.45) is 0.235. The Morgan fingerprint density at radius 2 is 2.21 bits per heavy atom. The number of ether oxygens (including phenoxy) is 1. The van der Waals surface area contributed by atoms with Crippen molar-refractivity contribution in [3.05, 3.63) is 34.9 Å². The Kier molecular flexibility index (Phi) is 4.97. The average molecular weight is 262 g/mol. The fourth-order valence-electron chi connectivity index (χ4n) is 2.79. The van der Waals surface area contributed by atoms with Gasteiger partial charge in [0.2, 0.25) is 0 Å². The summed E-state index contributed by atoms with van der Waals surface area (Å²) < 4.78 is 6.01. The van der Waals surface area contributed by atoms with Gasteiger partial charge in [0.05, 0.1) is 18.8 Å². The highest BCUT2D eigenvalue weighted by Crippen LogP contribution is 2.26. The van der Waals surface area contributed by atoms with Crippen molar-refractivity contribution >= 4 is 0 Å². The Hall–Kier alpha value is -0.900. The quantitative estimate of drug-likeness (QED) is 0.901. The Morgan fingerprint density at radius 3 is 2.89 bits per heavy atom. The Balaban J connectivity index is 2.26. The molecule has 1 saturated heterocycles. The molecule has 2 rings (SSSR count). The highest BCUT2D eigenvalue weighted by atomic mass is 16.5. The molecule has 0 aliphatic carbocycles. The van der Waals surface area contributed by atoms with Crippen LogP contribution in [-0.2, 0) is 4.74 Å². The summed E-state index contributed by atoms with van der Waals surface area (Å²) >= 11 is 0. The Labute approximate surface area is 116 Å². The zero-order valence-corrected chi connectivity index (χ0v) is 12.6. The van der Waals surface area contributed by atoms with E-state index in [0.29, 0.717) is 0 Å². The third-order valence-electron chi connectivity index (χ3n) is 4.07. The molecule has 2 atom stereocenters. The van der Waals surface area contributed by atoms with E-state index in [1.165, 1.54) is 16.7 Å². The second kappa shape index (κ2) is 6.51. The van der Waals surface area contributed by atoms with Gasteiger partial charge < -0.3 is 15.0 Å². The average Bonchev–Trinajstić information content (AvgIpc) is 2.40. The molecule has 0 spiro atoms. The number of benzene rings is 1. The van der Waals surface area contributed by atoms with Crippen LogP contribution in [0.4, 0.5) is 0 Å². The molecule has 3 heteroatoms. The van der Waals surface area contributed by atoms with Crippen LogP contribution in [0.2, 0.25) is 0 Å². The zero-order chi connectivity index (χ0) is 13.8. The van der Waals surface area contributed by atoms with Crippen molar-refractivity contribution in [2.75, 3.05) is 33.3 Å². The van der Waals surface area contributed by atoms with Gasteiger partial charge in [0.15, 0.2) is 0 Å². The topological polar surface area (TPSA) is 24.5 Å². The van der Waals surface area contributed by atoms with Crippen LogP contribution in [0.5, 0.6) is 0 Å². The molecule has 0 amide bonds. The molecule has 2 unspecified atom stereocenters. The molecule has 1 fully saturated rings. The summed E-state index contributed by atoms with van der Waals surface area (Å²) in [5, 5.41) is 3.61. The minimum atomic E-state index is 0.235. The number of morpholine rings is 1. The molecular formula is C16H26N2O. The second-order valence-corrected chi connectivity index (χ2v) is 5.50. The van der Waals surface area contributed by atoms with E-state index >= 15 is 0 Å². The lowest BCUT2D eigenvalue weighted by Crippen LogP contribution is -2.46. The van der Waals surface area contributed by atoms with Gasteiger partial charge in [-0.3, -0.25) is 0 Å². The number of nitrogens with one attached hydrogen (secondary N) is 1. The number of aryl methyl sites for hydroxylation is 1. The van der Waals surface area contributed by atoms with E-state index in [9.17, 15) is 0 Å². The molecule has 0 saturated carbocycles. The molecule has 19 heavy (non-hydrogen) atoms. The summed E-state index contributed by atoms with van der Waals surface area (Å²) in [4.78, 5) is 2.35. The van der Waals surface area contributed by atoms with E-state index < -0.39 is 0 Å². The van der Waals surface area contributed by atoms with Crippen LogP contribution in [0, 0.1) is 13.8 Å². The number of hydrogen-bond acceptors (Lipinski definition) is 3. The van der Waals surface area contributed by atoms with Crippen LogP contribution in [0.3, 0.4) is 0 Å². The maximum absolute atomic E-state index is 6.01. The molecule has 1 aliphatic rings. The molecule has 1 aliphatic heterocycles. The van der Waals surface area contributed by atoms with Crippen LogP contribution < -0.4 is 5.32 Å². The predicted molar refractivity (Wildman–Crippen MR) is 79.6 cm³/mol. The second-order valence-electron chi connectivity index (χ2n) is 5.50. The minimum Gasteiger partial charge on any atom is -0.374 e. The summed E-state index contributed by atoms with van der Waals surface area (Å²) in [5.74, 6) is 0. The van der Waals surface area contributed by atoms with E-state index in [0.717, 1.165) is 26.2 Å². The maximum Gasteiger partial charge on any atom is 0.0896 e. The van der Waals surface area contributed by atoms with Gasteiger partial charge in [-0.05, 0) is 44.1 Å². The van der Waals surface area contributed by atoms with Gasteiger partial charge in [-0.2, -0.15) is 0 Å². The number of nitrogens with zero attached hydrogens (tertiary/aromatic N) is 1. The third kappa shape index (κ3) is 3.35. The van der Waals surface area contributed by atoms with Crippen LogP contribution in [0.15, 0.2) is 18.2 Å². The monoisotopic (exact) mass is 262 g/mol. The number of rotatable bonds is 4. The number of likely N-dealkylation sites (N-methyl/N-ethyl adjacent to an activating group) is 2. The molecule has 106 valence electrons. The zero-order valence-electron chi connectivity index (χ0n) is 12.6. The molecule has 1 heterocycles. The first-order chi connectivity index (χ1) is 9.13. The van der Waals surface area contributed by atoms with Gasteiger partial charge >= 0.3 is 0 Å². The highest BCUT2D eigenvalue weighted by Gasteiger charge is 2.28. The lowest BCUT2D eigenvalue weighted by Gasteiger charge is -2.36. The fraction of sp³-hybridized carbons (Fsp3) is 0.625. The smallest absolute Gasteiger partial charge is 0.0896 e. The molecule has 1 aromatic rings. The van der Waals surface area contributed by atoms with Crippen molar-refractivity contribution in [1.29, 1.82) is 0 Å². The standard InChI is InChI=1S/C16H26N2O/c1-5-17-16(15-11-18(4)9-10-19-15)14-8-6-7-12(2)13(14)3/h6-8,15-17H,5,9-11H2,1-4H3. The lowest BCUT2D eigenvalue weighted by molar-refractivity contribution is -0.0391. The van der Waals surface area contributed by atoms with Crippen molar-refractivity contribution < 1.29 is 4.74 Å². The van der Waals surface area contributed by atoms with E-state index in [1.54, 1.807) is 0 Å². The fourth-order valence-corrected chi connectivity index (χ4v) is 2.79. The summed E-state index contributed by atoms with van der Waals surface area (Å²) in [6.45, 7) is 10.4. The van der Waals surface area contributed by atoms with Gasteiger partial charge in [0.1, 0.15) is 0 Å². The van der Waals surface area contributed by atoms with Gasteiger partial charge in [-0.15, -0.1) is 0 Å². The third-order valence-corrected chi connectivity index (χ3v) is 4.07. The maximum atomic E-state index is 6.01. The molecule has 0 radical (unpaired) electrons. The SMILES string of the molecule is CCNC(c1cccc(C)c1C)C1CN(C)CCO1. The van der Waals surface area contributed by atoms with Gasteiger partial charge in [0, 0.05) is 13.1 Å². The summed E-state index contributed by atoms with van der Waals surface area (Å²) in [7, 11) is 2.17. The van der Waals surface area contributed by atoms with Gasteiger partial charge in [-0.1, -0.05) is 25.1 Å². The molecular weight excluding hydrogens is 236 g/mol. The van der Waals surface area contributed by atoms with Gasteiger partial charge in [0.25, 0.3) is 0 Å². The van der Waals surface area contributed by atoms with Crippen LogP contribution in [-0.4, -0.2) is 44.3 Å². The van der Waals surface area contributed by atoms with E-state index in [4.69, 9.17) is 4.74 Å². The molecule has 3 nitrogen and oxygen atoms in total. The van der Waals surface area contributed by atoms with Crippen molar-refractivity contribution in [2.45, 2.75) is 32.9 Å². The highest BCUT2D eigenvalue weighted by molar-refractivity contribution is 5.36. The van der Waals surface area contributed by atoms with Gasteiger partial charge in [-0.25, -0.2) is 0 Å². The first-order valence-corrected chi connectivity index (χ1v) is 7.23. The van der Waals surface area contributed by atoms with Crippen molar-refractivity contribution in [3.63, 3.8) is 0 Å². The number of hydrogen-bond donors (Lipinski definition) is 1. The molecule has 0 aromatic heterocycles. The largest absolute Gasteiger partial charge is 0.374 e. The normalized spacial score (nSPS) is 22.4. The summed E-state index contributed by atoms with van der Waals surface area (Å²) in [6, 6.07) is 6.84. The first kappa shape index (κ1) is 14.5. The minimum absolute atomic E-state index is 0.235. The van der Waals surface area contributed by atoms with Crippen LogP contribution in [0.1, 0.15) is 29.7 Å². The molecule has 1 aromatic carbocycles. The van der Waals surface area contributed by atoms with Crippen molar-refractivity contribution in [2.24, 2.45) is 0 Å². The summed E-state index contributed by atoms with van der Waals surface area (Å²) in [5.41, 5.74) is 4.11. The Morgan fingerprint density at radius 1 is 1.42 bits per heavy atom. The van der Waals surface area contributed by atoms with E-state index in [1.807, 2.05) is 0 Å². The van der Waals surface area contributed by atoms with Crippen LogP contribution in [0.25, 0.3) is 0 Å². The van der Waals surface area contributed by atoms with E-state index in [2.05, 4.69) is 56.2 Å². The van der Waals surface area contributed by atoms with E-state index in [-0.39, 0.29) is 12.1 Å². The molecule has 0 bridgehead atoms. The van der Waals surface area contributed by atoms with Crippen molar-refractivity contribution in [3.8, 4) is 0 Å².